The molecule has 2 fully saturated rings. The van der Waals surface area contributed by atoms with Crippen LogP contribution in [0.25, 0.3) is 0 Å². The SMILES string of the molecule is O=C(NCc1cccs1)[C@@H]1CO[C@H]2CN(c3ncccn3)C[C@H]21. The molecule has 0 aromatic carbocycles. The lowest BCUT2D eigenvalue weighted by atomic mass is 9.92. The van der Waals surface area contributed by atoms with Gasteiger partial charge in [-0.2, -0.15) is 0 Å². The Morgan fingerprint density at radius 2 is 2.22 bits per heavy atom. The number of fused-ring (bicyclic) bond motifs is 1. The molecule has 0 saturated carbocycles. The molecule has 7 heteroatoms. The van der Waals surface area contributed by atoms with Gasteiger partial charge < -0.3 is 15.0 Å². The zero-order valence-corrected chi connectivity index (χ0v) is 13.4. The Hall–Kier alpha value is -1.99. The van der Waals surface area contributed by atoms with E-state index in [0.717, 1.165) is 13.1 Å². The molecule has 2 aromatic rings. The molecule has 0 radical (unpaired) electrons. The van der Waals surface area contributed by atoms with Crippen molar-refractivity contribution in [2.75, 3.05) is 24.6 Å². The second kappa shape index (κ2) is 6.25. The first kappa shape index (κ1) is 14.6. The monoisotopic (exact) mass is 330 g/mol. The molecule has 2 aliphatic heterocycles. The zero-order chi connectivity index (χ0) is 15.6. The maximum absolute atomic E-state index is 12.5. The molecule has 0 unspecified atom stereocenters. The van der Waals surface area contributed by atoms with Crippen molar-refractivity contribution in [2.45, 2.75) is 12.6 Å². The summed E-state index contributed by atoms with van der Waals surface area (Å²) in [4.78, 5) is 24.3. The van der Waals surface area contributed by atoms with Crippen LogP contribution in [0.4, 0.5) is 5.95 Å². The number of nitrogens with one attached hydrogen (secondary N) is 1. The van der Waals surface area contributed by atoms with Crippen LogP contribution in [0.15, 0.2) is 36.0 Å². The van der Waals surface area contributed by atoms with Crippen LogP contribution in [0.5, 0.6) is 0 Å². The van der Waals surface area contributed by atoms with Crippen LogP contribution in [0.3, 0.4) is 0 Å². The van der Waals surface area contributed by atoms with Crippen molar-refractivity contribution in [3.8, 4) is 0 Å². The summed E-state index contributed by atoms with van der Waals surface area (Å²) in [7, 11) is 0. The molecule has 120 valence electrons. The highest BCUT2D eigenvalue weighted by Crippen LogP contribution is 2.35. The number of amides is 1. The fraction of sp³-hybridized carbons (Fsp3) is 0.438. The molecular weight excluding hydrogens is 312 g/mol. The number of anilines is 1. The minimum absolute atomic E-state index is 0.0849. The van der Waals surface area contributed by atoms with E-state index in [9.17, 15) is 4.79 Å². The van der Waals surface area contributed by atoms with E-state index in [1.807, 2.05) is 17.5 Å². The van der Waals surface area contributed by atoms with Crippen molar-refractivity contribution in [3.63, 3.8) is 0 Å². The van der Waals surface area contributed by atoms with E-state index in [1.54, 1.807) is 29.8 Å². The number of carbonyl (C=O) groups is 1. The third-order valence-corrected chi connectivity index (χ3v) is 5.38. The maximum Gasteiger partial charge on any atom is 0.226 e. The number of aromatic nitrogens is 2. The predicted octanol–water partition coefficient (Wildman–Crippen LogP) is 1.31. The summed E-state index contributed by atoms with van der Waals surface area (Å²) >= 11 is 1.65. The zero-order valence-electron chi connectivity index (χ0n) is 12.6. The van der Waals surface area contributed by atoms with E-state index in [0.29, 0.717) is 19.1 Å². The Balaban J connectivity index is 1.38. The lowest BCUT2D eigenvalue weighted by Crippen LogP contribution is -2.36. The van der Waals surface area contributed by atoms with Gasteiger partial charge in [-0.15, -0.1) is 11.3 Å². The highest BCUT2D eigenvalue weighted by molar-refractivity contribution is 7.09. The minimum atomic E-state index is -0.0892. The van der Waals surface area contributed by atoms with Crippen LogP contribution in [-0.2, 0) is 16.1 Å². The first-order valence-electron chi connectivity index (χ1n) is 7.75. The number of ether oxygens (including phenoxy) is 1. The number of nitrogens with zero attached hydrogens (tertiary/aromatic N) is 3. The average molecular weight is 330 g/mol. The van der Waals surface area contributed by atoms with Crippen molar-refractivity contribution in [1.29, 1.82) is 0 Å². The Labute approximate surface area is 138 Å². The van der Waals surface area contributed by atoms with Gasteiger partial charge in [0.15, 0.2) is 0 Å². The Morgan fingerprint density at radius 3 is 3.00 bits per heavy atom. The van der Waals surface area contributed by atoms with Crippen LogP contribution < -0.4 is 10.2 Å². The molecule has 0 aliphatic carbocycles. The van der Waals surface area contributed by atoms with Gasteiger partial charge in [-0.25, -0.2) is 9.97 Å². The first-order chi connectivity index (χ1) is 11.3. The number of hydrogen-bond acceptors (Lipinski definition) is 6. The molecule has 4 heterocycles. The van der Waals surface area contributed by atoms with Crippen molar-refractivity contribution in [2.24, 2.45) is 11.8 Å². The number of rotatable bonds is 4. The molecule has 4 rings (SSSR count). The molecule has 1 amide bonds. The van der Waals surface area contributed by atoms with Gasteiger partial charge in [-0.05, 0) is 17.5 Å². The second-order valence-corrected chi connectivity index (χ2v) is 6.93. The summed E-state index contributed by atoms with van der Waals surface area (Å²) in [6.45, 7) is 2.63. The van der Waals surface area contributed by atoms with Crippen LogP contribution in [-0.4, -0.2) is 41.7 Å². The van der Waals surface area contributed by atoms with Crippen molar-refractivity contribution in [3.05, 3.63) is 40.8 Å². The fourth-order valence-corrected chi connectivity index (χ4v) is 3.96. The van der Waals surface area contributed by atoms with Crippen LogP contribution in [0.1, 0.15) is 4.88 Å². The average Bonchev–Trinajstić information content (AvgIpc) is 3.30. The van der Waals surface area contributed by atoms with Crippen molar-refractivity contribution < 1.29 is 9.53 Å². The van der Waals surface area contributed by atoms with Crippen LogP contribution >= 0.6 is 11.3 Å². The van der Waals surface area contributed by atoms with E-state index in [2.05, 4.69) is 20.2 Å². The molecule has 0 spiro atoms. The summed E-state index contributed by atoms with van der Waals surface area (Å²) in [5.74, 6) is 0.917. The molecule has 0 bridgehead atoms. The van der Waals surface area contributed by atoms with Gasteiger partial charge in [-0.3, -0.25) is 4.79 Å². The number of hydrogen-bond donors (Lipinski definition) is 1. The van der Waals surface area contributed by atoms with E-state index in [4.69, 9.17) is 4.74 Å². The molecule has 6 nitrogen and oxygen atoms in total. The quantitative estimate of drug-likeness (QED) is 0.915. The number of carbonyl (C=O) groups excluding carboxylic acids is 1. The van der Waals surface area contributed by atoms with Crippen LogP contribution in [0.2, 0.25) is 0 Å². The normalized spacial score (nSPS) is 26.3. The summed E-state index contributed by atoms with van der Waals surface area (Å²) in [5.41, 5.74) is 0. The summed E-state index contributed by atoms with van der Waals surface area (Å²) in [5, 5.41) is 5.05. The Morgan fingerprint density at radius 1 is 1.35 bits per heavy atom. The van der Waals surface area contributed by atoms with E-state index < -0.39 is 0 Å². The largest absolute Gasteiger partial charge is 0.375 e. The molecule has 23 heavy (non-hydrogen) atoms. The smallest absolute Gasteiger partial charge is 0.226 e. The minimum Gasteiger partial charge on any atom is -0.375 e. The molecule has 2 aliphatic rings. The number of thiophene rings is 1. The van der Waals surface area contributed by atoms with Gasteiger partial charge in [0.05, 0.1) is 25.2 Å². The Bertz CT molecular complexity index is 664. The summed E-state index contributed by atoms with van der Waals surface area (Å²) in [6.07, 6.45) is 3.57. The highest BCUT2D eigenvalue weighted by atomic mass is 32.1. The predicted molar refractivity (Wildman–Crippen MR) is 87.1 cm³/mol. The van der Waals surface area contributed by atoms with E-state index in [-0.39, 0.29) is 23.8 Å². The summed E-state index contributed by atoms with van der Waals surface area (Å²) < 4.78 is 5.84. The second-order valence-electron chi connectivity index (χ2n) is 5.89. The first-order valence-corrected chi connectivity index (χ1v) is 8.63. The fourth-order valence-electron chi connectivity index (χ4n) is 3.32. The topological polar surface area (TPSA) is 67.3 Å². The summed E-state index contributed by atoms with van der Waals surface area (Å²) in [6, 6.07) is 5.83. The van der Waals surface area contributed by atoms with E-state index >= 15 is 0 Å². The van der Waals surface area contributed by atoms with Crippen molar-refractivity contribution >= 4 is 23.2 Å². The molecule has 1 N–H and O–H groups in total. The molecule has 2 saturated heterocycles. The van der Waals surface area contributed by atoms with Crippen LogP contribution in [0, 0.1) is 11.8 Å². The molecular formula is C16H18N4O2S. The van der Waals surface area contributed by atoms with Gasteiger partial charge in [-0.1, -0.05) is 6.07 Å². The lowest BCUT2D eigenvalue weighted by molar-refractivity contribution is -0.126. The third kappa shape index (κ3) is 2.94. The maximum atomic E-state index is 12.5. The highest BCUT2D eigenvalue weighted by Gasteiger charge is 2.47. The van der Waals surface area contributed by atoms with Gasteiger partial charge >= 0.3 is 0 Å². The van der Waals surface area contributed by atoms with E-state index in [1.165, 1.54) is 4.88 Å². The molecule has 2 aromatic heterocycles. The van der Waals surface area contributed by atoms with Crippen molar-refractivity contribution in [1.82, 2.24) is 15.3 Å². The third-order valence-electron chi connectivity index (χ3n) is 4.50. The van der Waals surface area contributed by atoms with Gasteiger partial charge in [0.1, 0.15) is 0 Å². The Kier molecular flexibility index (Phi) is 3.97. The van der Waals surface area contributed by atoms with Gasteiger partial charge in [0.25, 0.3) is 0 Å². The van der Waals surface area contributed by atoms with Gasteiger partial charge in [0.2, 0.25) is 11.9 Å². The standard InChI is InChI=1S/C16H18N4O2S/c21-15(19-7-11-3-1-6-23-11)13-10-22-14-9-20(8-12(13)14)16-17-4-2-5-18-16/h1-6,12-14H,7-10H2,(H,19,21)/t12-,13+,14-/m0/s1. The van der Waals surface area contributed by atoms with Gasteiger partial charge in [0, 0.05) is 36.3 Å². The molecule has 3 atom stereocenters. The lowest BCUT2D eigenvalue weighted by Gasteiger charge is -2.19.